The molecule has 1 aromatic heterocycles. The maximum Gasteiger partial charge on any atom is 0.417 e. The van der Waals surface area contributed by atoms with Crippen LogP contribution < -0.4 is 0 Å². The molecule has 1 aliphatic rings. The number of aromatic nitrogens is 1. The lowest BCUT2D eigenvalue weighted by atomic mass is 10.0. The molecule has 27 heavy (non-hydrogen) atoms. The molecular formula is C18H19F4N3OS. The Morgan fingerprint density at radius 3 is 2.67 bits per heavy atom. The molecule has 1 aliphatic heterocycles. The van der Waals surface area contributed by atoms with Crippen LogP contribution in [0.25, 0.3) is 0 Å². The highest BCUT2D eigenvalue weighted by Gasteiger charge is 2.38. The van der Waals surface area contributed by atoms with E-state index in [2.05, 4.69) is 9.88 Å². The van der Waals surface area contributed by atoms with E-state index >= 15 is 0 Å². The minimum Gasteiger partial charge on any atom is -0.337 e. The zero-order valence-corrected chi connectivity index (χ0v) is 15.5. The molecule has 1 saturated heterocycles. The Kier molecular flexibility index (Phi) is 5.81. The van der Waals surface area contributed by atoms with Gasteiger partial charge in [0.15, 0.2) is 0 Å². The van der Waals surface area contributed by atoms with Crippen LogP contribution in [0.15, 0.2) is 23.6 Å². The van der Waals surface area contributed by atoms with Crippen LogP contribution in [-0.4, -0.2) is 46.9 Å². The number of hydrogen-bond donors (Lipinski definition) is 0. The van der Waals surface area contributed by atoms with E-state index in [0.717, 1.165) is 28.9 Å². The highest BCUT2D eigenvalue weighted by atomic mass is 32.1. The molecule has 2 aromatic rings. The normalized spacial score (nSPS) is 16.4. The number of carbonyl (C=O) groups excluding carboxylic acids is 1. The lowest BCUT2D eigenvalue weighted by Gasteiger charge is -2.23. The van der Waals surface area contributed by atoms with E-state index < -0.39 is 29.0 Å². The van der Waals surface area contributed by atoms with Crippen LogP contribution in [0, 0.1) is 12.7 Å². The molecule has 9 heteroatoms. The van der Waals surface area contributed by atoms with Gasteiger partial charge in [-0.25, -0.2) is 9.37 Å². The van der Waals surface area contributed by atoms with Crippen molar-refractivity contribution in [2.45, 2.75) is 26.1 Å². The van der Waals surface area contributed by atoms with Crippen LogP contribution in [-0.2, 0) is 12.7 Å². The van der Waals surface area contributed by atoms with Crippen molar-refractivity contribution in [3.05, 3.63) is 51.2 Å². The zero-order valence-electron chi connectivity index (χ0n) is 14.7. The third-order valence-electron chi connectivity index (χ3n) is 4.46. The van der Waals surface area contributed by atoms with Gasteiger partial charge < -0.3 is 4.90 Å². The van der Waals surface area contributed by atoms with E-state index in [1.807, 2.05) is 12.3 Å². The fourth-order valence-electron chi connectivity index (χ4n) is 3.18. The third-order valence-corrected chi connectivity index (χ3v) is 5.28. The van der Waals surface area contributed by atoms with Crippen LogP contribution in [0.1, 0.15) is 33.0 Å². The monoisotopic (exact) mass is 401 g/mol. The van der Waals surface area contributed by atoms with Gasteiger partial charge in [-0.15, -0.1) is 11.3 Å². The van der Waals surface area contributed by atoms with Gasteiger partial charge in [0.05, 0.1) is 21.8 Å². The molecule has 0 radical (unpaired) electrons. The Morgan fingerprint density at radius 1 is 1.22 bits per heavy atom. The zero-order chi connectivity index (χ0) is 19.6. The van der Waals surface area contributed by atoms with Gasteiger partial charge in [0.1, 0.15) is 5.82 Å². The second-order valence-electron chi connectivity index (χ2n) is 6.44. The second-order valence-corrected chi connectivity index (χ2v) is 7.50. The number of aryl methyl sites for hydroxylation is 1. The quantitative estimate of drug-likeness (QED) is 0.731. The first-order valence-electron chi connectivity index (χ1n) is 8.54. The summed E-state index contributed by atoms with van der Waals surface area (Å²) in [6.07, 6.45) is -4.18. The molecular weight excluding hydrogens is 382 g/mol. The maximum absolute atomic E-state index is 14.1. The molecule has 2 heterocycles. The Bertz CT molecular complexity index is 821. The highest BCUT2D eigenvalue weighted by molar-refractivity contribution is 7.09. The number of nitrogens with zero attached hydrogens (tertiary/aromatic N) is 3. The fourth-order valence-corrected chi connectivity index (χ4v) is 3.78. The standard InChI is InChI=1S/C18H19F4N3OS/c1-12-23-13(11-27-12)10-24-6-3-7-25(9-8-24)17(26)16-14(18(20,21)22)4-2-5-15(16)19/h2,4-5,11H,3,6-10H2,1H3. The number of carbonyl (C=O) groups is 1. The smallest absolute Gasteiger partial charge is 0.337 e. The minimum absolute atomic E-state index is 0.244. The van der Waals surface area contributed by atoms with Crippen molar-refractivity contribution in [3.63, 3.8) is 0 Å². The summed E-state index contributed by atoms with van der Waals surface area (Å²) < 4.78 is 53.7. The molecule has 0 bridgehead atoms. The SMILES string of the molecule is Cc1nc(CN2CCCN(C(=O)c3c(F)cccc3C(F)(F)F)CC2)cs1. The molecule has 1 amide bonds. The highest BCUT2D eigenvalue weighted by Crippen LogP contribution is 2.33. The molecule has 0 atom stereocenters. The van der Waals surface area contributed by atoms with E-state index in [1.165, 1.54) is 4.90 Å². The average molecular weight is 401 g/mol. The van der Waals surface area contributed by atoms with Crippen LogP contribution in [0.3, 0.4) is 0 Å². The number of benzene rings is 1. The van der Waals surface area contributed by atoms with E-state index in [4.69, 9.17) is 0 Å². The molecule has 1 aromatic carbocycles. The van der Waals surface area contributed by atoms with Crippen molar-refractivity contribution in [2.24, 2.45) is 0 Å². The van der Waals surface area contributed by atoms with Crippen LogP contribution in [0.2, 0.25) is 0 Å². The van der Waals surface area contributed by atoms with Crippen molar-refractivity contribution in [3.8, 4) is 0 Å². The number of rotatable bonds is 3. The van der Waals surface area contributed by atoms with Gasteiger partial charge in [0.25, 0.3) is 5.91 Å². The lowest BCUT2D eigenvalue weighted by Crippen LogP contribution is -2.36. The first-order chi connectivity index (χ1) is 12.8. The molecule has 0 spiro atoms. The molecule has 0 unspecified atom stereocenters. The van der Waals surface area contributed by atoms with Gasteiger partial charge >= 0.3 is 6.18 Å². The van der Waals surface area contributed by atoms with E-state index in [1.54, 1.807) is 11.3 Å². The number of alkyl halides is 3. The van der Waals surface area contributed by atoms with E-state index in [0.29, 0.717) is 26.1 Å². The second kappa shape index (κ2) is 7.93. The van der Waals surface area contributed by atoms with Crippen molar-refractivity contribution >= 4 is 17.2 Å². The maximum atomic E-state index is 14.1. The first kappa shape index (κ1) is 19.8. The molecule has 1 fully saturated rings. The molecule has 0 saturated carbocycles. The van der Waals surface area contributed by atoms with E-state index in [9.17, 15) is 22.4 Å². The minimum atomic E-state index is -4.78. The van der Waals surface area contributed by atoms with Crippen LogP contribution in [0.4, 0.5) is 17.6 Å². The van der Waals surface area contributed by atoms with Crippen molar-refractivity contribution in [1.29, 1.82) is 0 Å². The van der Waals surface area contributed by atoms with Gasteiger partial charge in [0, 0.05) is 38.1 Å². The first-order valence-corrected chi connectivity index (χ1v) is 9.42. The molecule has 146 valence electrons. The topological polar surface area (TPSA) is 36.4 Å². The fraction of sp³-hybridized carbons (Fsp3) is 0.444. The predicted molar refractivity (Wildman–Crippen MR) is 94.1 cm³/mol. The van der Waals surface area contributed by atoms with Crippen molar-refractivity contribution in [2.75, 3.05) is 26.2 Å². The van der Waals surface area contributed by atoms with Gasteiger partial charge in [-0.05, 0) is 25.5 Å². The lowest BCUT2D eigenvalue weighted by molar-refractivity contribution is -0.138. The summed E-state index contributed by atoms with van der Waals surface area (Å²) in [5, 5.41) is 2.94. The van der Waals surface area contributed by atoms with Gasteiger partial charge in [0.2, 0.25) is 0 Å². The number of amides is 1. The number of thiazole rings is 1. The summed E-state index contributed by atoms with van der Waals surface area (Å²) in [5.41, 5.74) is -1.19. The van der Waals surface area contributed by atoms with Crippen LogP contribution >= 0.6 is 11.3 Å². The summed E-state index contributed by atoms with van der Waals surface area (Å²) in [5.74, 6) is -2.05. The number of hydrogen-bond acceptors (Lipinski definition) is 4. The summed E-state index contributed by atoms with van der Waals surface area (Å²) in [6, 6.07) is 2.59. The van der Waals surface area contributed by atoms with Crippen molar-refractivity contribution in [1.82, 2.24) is 14.8 Å². The largest absolute Gasteiger partial charge is 0.417 e. The average Bonchev–Trinajstić information content (AvgIpc) is 2.86. The summed E-state index contributed by atoms with van der Waals surface area (Å²) in [4.78, 5) is 20.5. The molecule has 0 aliphatic carbocycles. The third kappa shape index (κ3) is 4.65. The van der Waals surface area contributed by atoms with E-state index in [-0.39, 0.29) is 13.1 Å². The Balaban J connectivity index is 1.73. The Labute approximate surface area is 158 Å². The Morgan fingerprint density at radius 2 is 2.00 bits per heavy atom. The summed E-state index contributed by atoms with van der Waals surface area (Å²) >= 11 is 1.56. The summed E-state index contributed by atoms with van der Waals surface area (Å²) in [6.45, 7) is 4.27. The van der Waals surface area contributed by atoms with Crippen LogP contribution in [0.5, 0.6) is 0 Å². The van der Waals surface area contributed by atoms with Gasteiger partial charge in [-0.2, -0.15) is 13.2 Å². The van der Waals surface area contributed by atoms with Gasteiger partial charge in [-0.1, -0.05) is 6.07 Å². The number of halogens is 4. The van der Waals surface area contributed by atoms with Gasteiger partial charge in [-0.3, -0.25) is 9.69 Å². The summed E-state index contributed by atoms with van der Waals surface area (Å²) in [7, 11) is 0. The molecule has 3 rings (SSSR count). The predicted octanol–water partition coefficient (Wildman–Crippen LogP) is 3.96. The van der Waals surface area contributed by atoms with Crippen molar-refractivity contribution < 1.29 is 22.4 Å². The molecule has 4 nitrogen and oxygen atoms in total. The molecule has 0 N–H and O–H groups in total. The Hall–Kier alpha value is -2.00.